The molecular weight excluding hydrogens is 1170 g/mol. The van der Waals surface area contributed by atoms with E-state index in [0.717, 1.165) is 45.8 Å². The molecular formula is C66H80N10O13S. The Labute approximate surface area is 527 Å². The molecule has 2 aromatic carbocycles. The fraction of sp³-hybridized carbons (Fsp3) is 0.470. The zero-order valence-electron chi connectivity index (χ0n) is 51.9. The first kappa shape index (κ1) is 67.6. The van der Waals surface area contributed by atoms with E-state index in [4.69, 9.17) is 34.4 Å². The van der Waals surface area contributed by atoms with Gasteiger partial charge in [-0.25, -0.2) is 29.2 Å². The number of amides is 2. The summed E-state index contributed by atoms with van der Waals surface area (Å²) in [6, 6.07) is 15.9. The van der Waals surface area contributed by atoms with E-state index in [0.29, 0.717) is 112 Å². The van der Waals surface area contributed by atoms with Gasteiger partial charge in [0, 0.05) is 104 Å². The number of carbonyl (C=O) groups is 7. The van der Waals surface area contributed by atoms with Gasteiger partial charge in [0.1, 0.15) is 32.2 Å². The second-order valence-corrected chi connectivity index (χ2v) is 23.4. The summed E-state index contributed by atoms with van der Waals surface area (Å²) in [7, 11) is 0. The Bertz CT molecular complexity index is 3610. The zero-order chi connectivity index (χ0) is 64.2. The van der Waals surface area contributed by atoms with Gasteiger partial charge in [0.05, 0.1) is 47.9 Å². The lowest BCUT2D eigenvalue weighted by molar-refractivity contribution is -0.175. The number of unbranched alkanes of at least 4 members (excludes halogenated alkanes) is 2. The van der Waals surface area contributed by atoms with Crippen LogP contribution >= 0.6 is 11.8 Å². The van der Waals surface area contributed by atoms with E-state index in [9.17, 15) is 38.4 Å². The third-order valence-electron chi connectivity index (χ3n) is 15.9. The molecule has 8 rings (SSSR count). The number of Topliss-reactive ketones (excluding diaryl/α,β-unsaturated/α-hetero) is 3. The van der Waals surface area contributed by atoms with Crippen molar-refractivity contribution in [2.24, 2.45) is 11.7 Å². The molecule has 2 aliphatic heterocycles. The SMILES string of the molecule is CC[C@@]1(OC(=O)OCc2ccc(NC(=O)[C@H](CCCCN)CC(=O)COCC(=O)CCCOCCn3cc(CCC(=O)CCC/C=C/c4cnc(SC)nc4)nn3)cc2)C(=O)OCc2c1cc1n(c2=O)Cc2c-1nc1ccccc1c2CCN(C(C)=O)C(C)C. The van der Waals surface area contributed by atoms with Crippen molar-refractivity contribution in [1.82, 2.24) is 39.4 Å². The number of carbonyl (C=O) groups excluding carboxylic acids is 7. The molecule has 0 radical (unpaired) electrons. The standard InChI is InChI=1S/C66H80N10O13S/c1-6-66(57-34-59-60-55(38-76(59)62(82)56(57)42-87-63(66)83)53(27-29-75(43(2)3)44(4)77)54-19-10-11-20-58(54)71-60)89-65(84)88-39-45-21-23-48(24-22-45)70-61(81)47(16-12-13-28-67)33-52(80)41-86-40-51(79)18-14-31-85-32-30-74-37-49(72-73-74)25-26-50(78)17-9-7-8-15-46-35-68-64(90-5)69-36-46/h8,10-11,15,19-24,34-37,43,47H,6-7,9,12-14,16-18,25-33,38-42,67H2,1-5H3,(H,70,81)/b15-8+/t47-,66+/m1/s1. The van der Waals surface area contributed by atoms with Gasteiger partial charge in [-0.05, 0) is 113 Å². The van der Waals surface area contributed by atoms with Crippen LogP contribution in [0.4, 0.5) is 10.5 Å². The number of cyclic esters (lactones) is 1. The number of para-hydroxylation sites is 1. The highest BCUT2D eigenvalue weighted by atomic mass is 32.2. The van der Waals surface area contributed by atoms with Crippen molar-refractivity contribution in [3.63, 3.8) is 0 Å². The molecule has 0 saturated carbocycles. The number of anilines is 1. The molecule has 2 aliphatic rings. The number of fused-ring (bicyclic) bond motifs is 5. The van der Waals surface area contributed by atoms with E-state index in [-0.39, 0.29) is 98.6 Å². The van der Waals surface area contributed by atoms with Crippen molar-refractivity contribution in [3.05, 3.63) is 129 Å². The highest BCUT2D eigenvalue weighted by Gasteiger charge is 2.51. The third-order valence-corrected chi connectivity index (χ3v) is 16.5. The van der Waals surface area contributed by atoms with Crippen LogP contribution in [0.15, 0.2) is 89.2 Å². The molecule has 2 amide bonds. The van der Waals surface area contributed by atoms with Gasteiger partial charge in [0.2, 0.25) is 17.4 Å². The average Bonchev–Trinajstić information content (AvgIpc) is 1.45. The summed E-state index contributed by atoms with van der Waals surface area (Å²) in [4.78, 5) is 121. The predicted molar refractivity (Wildman–Crippen MR) is 337 cm³/mol. The van der Waals surface area contributed by atoms with Gasteiger partial charge in [-0.15, -0.1) is 5.10 Å². The number of aryl methyl sites for hydroxylation is 1. The smallest absolute Gasteiger partial charge is 0.457 e. The summed E-state index contributed by atoms with van der Waals surface area (Å²) in [5.41, 5.74) is 9.78. The van der Waals surface area contributed by atoms with Crippen molar-refractivity contribution >= 4 is 75.7 Å². The van der Waals surface area contributed by atoms with Gasteiger partial charge in [-0.2, -0.15) is 0 Å². The Morgan fingerprint density at radius 3 is 2.41 bits per heavy atom. The van der Waals surface area contributed by atoms with Crippen LogP contribution < -0.4 is 16.6 Å². The first-order chi connectivity index (χ1) is 43.5. The fourth-order valence-corrected chi connectivity index (χ4v) is 11.4. The second-order valence-electron chi connectivity index (χ2n) is 22.7. The van der Waals surface area contributed by atoms with Gasteiger partial charge >= 0.3 is 12.1 Å². The molecule has 6 heterocycles. The van der Waals surface area contributed by atoms with Crippen LogP contribution in [0.1, 0.15) is 137 Å². The van der Waals surface area contributed by atoms with Gasteiger partial charge in [0.25, 0.3) is 5.56 Å². The van der Waals surface area contributed by atoms with Gasteiger partial charge in [-0.3, -0.25) is 28.8 Å². The molecule has 2 atom stereocenters. The van der Waals surface area contributed by atoms with Crippen molar-refractivity contribution in [1.29, 1.82) is 0 Å². The lowest BCUT2D eigenvalue weighted by Gasteiger charge is -2.35. The summed E-state index contributed by atoms with van der Waals surface area (Å²) in [6.07, 6.45) is 15.7. The quantitative estimate of drug-likeness (QED) is 0.0161. The average molecular weight is 1250 g/mol. The molecule has 0 fully saturated rings. The Morgan fingerprint density at radius 1 is 0.900 bits per heavy atom. The number of aromatic nitrogens is 7. The van der Waals surface area contributed by atoms with E-state index in [1.165, 1.54) is 11.8 Å². The number of benzene rings is 2. The van der Waals surface area contributed by atoms with Crippen LogP contribution in [-0.4, -0.2) is 133 Å². The summed E-state index contributed by atoms with van der Waals surface area (Å²) < 4.78 is 31.4. The minimum absolute atomic E-state index is 0.0180. The van der Waals surface area contributed by atoms with Crippen LogP contribution in [0.5, 0.6) is 0 Å². The van der Waals surface area contributed by atoms with Gasteiger partial charge in [0.15, 0.2) is 16.7 Å². The number of nitrogens with zero attached hydrogens (tertiary/aromatic N) is 8. The van der Waals surface area contributed by atoms with Crippen LogP contribution in [0.2, 0.25) is 0 Å². The zero-order valence-corrected chi connectivity index (χ0v) is 52.7. The number of esters is 1. The number of allylic oxidation sites excluding steroid dienone is 1. The number of nitrogens with two attached hydrogens (primary N) is 1. The van der Waals surface area contributed by atoms with E-state index >= 15 is 0 Å². The summed E-state index contributed by atoms with van der Waals surface area (Å²) in [6.45, 7) is 8.16. The molecule has 24 heteroatoms. The molecule has 0 bridgehead atoms. The summed E-state index contributed by atoms with van der Waals surface area (Å²) in [5.74, 6) is -2.33. The summed E-state index contributed by atoms with van der Waals surface area (Å²) in [5, 5.41) is 12.8. The van der Waals surface area contributed by atoms with Crippen LogP contribution in [0.25, 0.3) is 28.4 Å². The Kier molecular flexibility index (Phi) is 24.8. The Hall–Kier alpha value is -8.32. The molecule has 0 saturated heterocycles. The van der Waals surface area contributed by atoms with Crippen LogP contribution in [0, 0.1) is 5.92 Å². The Morgan fingerprint density at radius 2 is 1.67 bits per heavy atom. The van der Waals surface area contributed by atoms with Crippen LogP contribution in [0.3, 0.4) is 0 Å². The number of hydrogen-bond acceptors (Lipinski definition) is 20. The maximum Gasteiger partial charge on any atom is 0.510 e. The molecule has 0 aliphatic carbocycles. The van der Waals surface area contributed by atoms with Gasteiger partial charge in [-0.1, -0.05) is 72.8 Å². The third kappa shape index (κ3) is 18.0. The fourth-order valence-electron chi connectivity index (χ4n) is 11.1. The molecule has 23 nitrogen and oxygen atoms in total. The maximum atomic E-state index is 14.4. The number of ketones is 3. The number of rotatable bonds is 36. The first-order valence-electron chi connectivity index (χ1n) is 30.7. The van der Waals surface area contributed by atoms with Crippen molar-refractivity contribution in [2.75, 3.05) is 51.1 Å². The largest absolute Gasteiger partial charge is 0.510 e. The summed E-state index contributed by atoms with van der Waals surface area (Å²) >= 11 is 1.49. The predicted octanol–water partition coefficient (Wildman–Crippen LogP) is 8.45. The van der Waals surface area contributed by atoms with Crippen molar-refractivity contribution in [3.8, 4) is 11.4 Å². The number of hydrogen-bond donors (Lipinski definition) is 2. The number of nitrogens with one attached hydrogen (secondary N) is 1. The van der Waals surface area contributed by atoms with Crippen LogP contribution in [-0.2, 0) is 97.2 Å². The number of thioether (sulfide) groups is 1. The molecule has 0 spiro atoms. The van der Waals surface area contributed by atoms with Crippen molar-refractivity contribution < 1.29 is 57.2 Å². The minimum atomic E-state index is -2.02. The number of ether oxygens (including phenoxy) is 5. The lowest BCUT2D eigenvalue weighted by atomic mass is 9.85. The van der Waals surface area contributed by atoms with E-state index in [2.05, 4.69) is 25.6 Å². The van der Waals surface area contributed by atoms with E-state index < -0.39 is 29.2 Å². The molecule has 4 aromatic heterocycles. The lowest BCUT2D eigenvalue weighted by Crippen LogP contribution is -2.47. The maximum absolute atomic E-state index is 14.4. The first-order valence-corrected chi connectivity index (χ1v) is 31.9. The van der Waals surface area contributed by atoms with E-state index in [1.807, 2.05) is 56.5 Å². The second kappa shape index (κ2) is 33.0. The molecule has 3 N–H and O–H groups in total. The van der Waals surface area contributed by atoms with E-state index in [1.54, 1.807) is 76.9 Å². The molecule has 0 unspecified atom stereocenters. The molecule has 478 valence electrons. The Balaban J connectivity index is 0.749. The molecule has 90 heavy (non-hydrogen) atoms. The van der Waals surface area contributed by atoms with Crippen molar-refractivity contribution in [2.45, 2.75) is 154 Å². The van der Waals surface area contributed by atoms with Gasteiger partial charge < -0.3 is 44.2 Å². The normalized spacial score (nSPS) is 14.5. The number of pyridine rings is 2. The minimum Gasteiger partial charge on any atom is -0.457 e. The monoisotopic (exact) mass is 1250 g/mol. The molecule has 6 aromatic rings. The highest BCUT2D eigenvalue weighted by Crippen LogP contribution is 2.42. The topological polar surface area (TPSA) is 298 Å². The highest BCUT2D eigenvalue weighted by molar-refractivity contribution is 7.98.